The van der Waals surface area contributed by atoms with Gasteiger partial charge in [-0.15, -0.1) is 0 Å². The maximum absolute atomic E-state index is 11.2. The molecule has 0 aliphatic carbocycles. The number of likely N-dealkylation sites (tertiary alicyclic amines) is 1. The van der Waals surface area contributed by atoms with Crippen molar-refractivity contribution in [2.75, 3.05) is 26.2 Å². The van der Waals surface area contributed by atoms with Crippen molar-refractivity contribution >= 4 is 5.91 Å². The Hall–Kier alpha value is -0.610. The van der Waals surface area contributed by atoms with Crippen LogP contribution in [0.5, 0.6) is 0 Å². The van der Waals surface area contributed by atoms with Gasteiger partial charge in [-0.3, -0.25) is 4.79 Å². The zero-order valence-electron chi connectivity index (χ0n) is 12.0. The number of nitrogens with zero attached hydrogens (tertiary/aromatic N) is 1. The van der Waals surface area contributed by atoms with Gasteiger partial charge >= 0.3 is 0 Å². The molecule has 1 heterocycles. The van der Waals surface area contributed by atoms with Crippen molar-refractivity contribution in [3.05, 3.63) is 0 Å². The number of likely N-dealkylation sites (N-methyl/N-ethyl adjacent to an activating group) is 1. The summed E-state index contributed by atoms with van der Waals surface area (Å²) in [6.45, 7) is 8.42. The van der Waals surface area contributed by atoms with Crippen molar-refractivity contribution in [2.45, 2.75) is 52.0 Å². The molecule has 0 aromatic carbocycles. The summed E-state index contributed by atoms with van der Waals surface area (Å²) in [6.07, 6.45) is 6.14. The number of rotatable bonds is 8. The van der Waals surface area contributed by atoms with Crippen LogP contribution in [0.25, 0.3) is 0 Å². The lowest BCUT2D eigenvalue weighted by atomic mass is 9.92. The van der Waals surface area contributed by atoms with Crippen molar-refractivity contribution < 1.29 is 4.79 Å². The zero-order chi connectivity index (χ0) is 13.4. The van der Waals surface area contributed by atoms with Crippen molar-refractivity contribution in [2.24, 2.45) is 11.7 Å². The highest BCUT2D eigenvalue weighted by molar-refractivity contribution is 5.79. The van der Waals surface area contributed by atoms with E-state index in [2.05, 4.69) is 17.1 Å². The average Bonchev–Trinajstić information content (AvgIpc) is 2.36. The Morgan fingerprint density at radius 3 is 2.56 bits per heavy atom. The van der Waals surface area contributed by atoms with Crippen LogP contribution in [0, 0.1) is 5.92 Å². The molecule has 3 N–H and O–H groups in total. The first-order valence-electron chi connectivity index (χ1n) is 7.42. The minimum Gasteiger partial charge on any atom is -0.368 e. The quantitative estimate of drug-likeness (QED) is 0.688. The fourth-order valence-corrected chi connectivity index (χ4v) is 2.81. The first-order valence-corrected chi connectivity index (χ1v) is 7.42. The lowest BCUT2D eigenvalue weighted by Crippen LogP contribution is -2.44. The van der Waals surface area contributed by atoms with E-state index in [1.807, 2.05) is 6.92 Å². The zero-order valence-corrected chi connectivity index (χ0v) is 12.0. The third-order valence-corrected chi connectivity index (χ3v) is 3.93. The van der Waals surface area contributed by atoms with Gasteiger partial charge in [0.15, 0.2) is 0 Å². The van der Waals surface area contributed by atoms with Gasteiger partial charge < -0.3 is 16.0 Å². The Bertz CT molecular complexity index is 237. The molecule has 1 aliphatic heterocycles. The van der Waals surface area contributed by atoms with Crippen LogP contribution < -0.4 is 11.1 Å². The van der Waals surface area contributed by atoms with E-state index in [1.165, 1.54) is 38.8 Å². The molecule has 1 saturated heterocycles. The summed E-state index contributed by atoms with van der Waals surface area (Å²) in [5.41, 5.74) is 5.38. The van der Waals surface area contributed by atoms with Gasteiger partial charge in [-0.2, -0.15) is 0 Å². The first kappa shape index (κ1) is 15.4. The van der Waals surface area contributed by atoms with E-state index in [0.717, 1.165) is 25.4 Å². The van der Waals surface area contributed by atoms with Crippen LogP contribution in [0.15, 0.2) is 0 Å². The molecule has 106 valence electrons. The van der Waals surface area contributed by atoms with Gasteiger partial charge in [-0.1, -0.05) is 26.7 Å². The third kappa shape index (κ3) is 5.36. The van der Waals surface area contributed by atoms with Crippen molar-refractivity contribution in [1.29, 1.82) is 0 Å². The molecule has 0 aromatic heterocycles. The number of hydrogen-bond acceptors (Lipinski definition) is 3. The van der Waals surface area contributed by atoms with E-state index in [-0.39, 0.29) is 11.9 Å². The molecule has 4 nitrogen and oxygen atoms in total. The van der Waals surface area contributed by atoms with E-state index < -0.39 is 0 Å². The van der Waals surface area contributed by atoms with Crippen LogP contribution in [0.3, 0.4) is 0 Å². The van der Waals surface area contributed by atoms with Gasteiger partial charge in [0, 0.05) is 6.54 Å². The average molecular weight is 255 g/mol. The second-order valence-corrected chi connectivity index (χ2v) is 5.37. The number of carbonyl (C=O) groups is 1. The van der Waals surface area contributed by atoms with Crippen LogP contribution >= 0.6 is 0 Å². The maximum Gasteiger partial charge on any atom is 0.234 e. The van der Waals surface area contributed by atoms with Gasteiger partial charge in [0.2, 0.25) is 5.91 Å². The molecule has 1 aliphatic rings. The molecule has 1 amide bonds. The van der Waals surface area contributed by atoms with Crippen LogP contribution in [-0.4, -0.2) is 43.0 Å². The van der Waals surface area contributed by atoms with E-state index in [4.69, 9.17) is 5.73 Å². The fourth-order valence-electron chi connectivity index (χ4n) is 2.81. The summed E-state index contributed by atoms with van der Waals surface area (Å²) in [5.74, 6) is 0.699. The Morgan fingerprint density at radius 2 is 2.06 bits per heavy atom. The number of nitrogens with two attached hydrogens (primary N) is 1. The van der Waals surface area contributed by atoms with E-state index in [9.17, 15) is 4.79 Å². The molecule has 1 atom stereocenters. The topological polar surface area (TPSA) is 58.4 Å². The largest absolute Gasteiger partial charge is 0.368 e. The molecule has 18 heavy (non-hydrogen) atoms. The van der Waals surface area contributed by atoms with Gasteiger partial charge in [0.05, 0.1) is 6.04 Å². The van der Waals surface area contributed by atoms with Crippen molar-refractivity contribution in [3.63, 3.8) is 0 Å². The van der Waals surface area contributed by atoms with Crippen molar-refractivity contribution in [3.8, 4) is 0 Å². The predicted octanol–water partition coefficient (Wildman–Crippen LogP) is 1.35. The third-order valence-electron chi connectivity index (χ3n) is 3.93. The molecular weight excluding hydrogens is 226 g/mol. The predicted molar refractivity (Wildman–Crippen MR) is 75.3 cm³/mol. The minimum atomic E-state index is -0.224. The summed E-state index contributed by atoms with van der Waals surface area (Å²) in [6, 6.07) is -0.164. The second-order valence-electron chi connectivity index (χ2n) is 5.37. The van der Waals surface area contributed by atoms with Crippen LogP contribution in [0.1, 0.15) is 46.0 Å². The number of primary amides is 1. The van der Waals surface area contributed by atoms with Gasteiger partial charge in [0.1, 0.15) is 0 Å². The molecule has 0 bridgehead atoms. The molecule has 0 saturated carbocycles. The summed E-state index contributed by atoms with van der Waals surface area (Å²) < 4.78 is 0. The molecule has 1 fully saturated rings. The smallest absolute Gasteiger partial charge is 0.234 e. The normalized spacial score (nSPS) is 19.9. The first-order chi connectivity index (χ1) is 8.67. The maximum atomic E-state index is 11.2. The SMILES string of the molecule is CCCC1CCN(CCC(NCC)C(N)=O)CC1. The highest BCUT2D eigenvalue weighted by Gasteiger charge is 2.20. The lowest BCUT2D eigenvalue weighted by molar-refractivity contribution is -0.120. The van der Waals surface area contributed by atoms with E-state index >= 15 is 0 Å². The van der Waals surface area contributed by atoms with Gasteiger partial charge in [-0.05, 0) is 44.8 Å². The molecule has 0 radical (unpaired) electrons. The molecule has 1 unspecified atom stereocenters. The van der Waals surface area contributed by atoms with Crippen LogP contribution in [0.2, 0.25) is 0 Å². The fraction of sp³-hybridized carbons (Fsp3) is 0.929. The lowest BCUT2D eigenvalue weighted by Gasteiger charge is -2.32. The molecule has 0 aromatic rings. The Labute approximate surface area is 111 Å². The molecular formula is C14H29N3O. The summed E-state index contributed by atoms with van der Waals surface area (Å²) in [7, 11) is 0. The van der Waals surface area contributed by atoms with Crippen LogP contribution in [-0.2, 0) is 4.79 Å². The summed E-state index contributed by atoms with van der Waals surface area (Å²) >= 11 is 0. The molecule has 4 heteroatoms. The van der Waals surface area contributed by atoms with E-state index in [1.54, 1.807) is 0 Å². The number of nitrogens with one attached hydrogen (secondary N) is 1. The summed E-state index contributed by atoms with van der Waals surface area (Å²) in [5, 5.41) is 3.15. The van der Waals surface area contributed by atoms with E-state index in [0.29, 0.717) is 0 Å². The highest BCUT2D eigenvalue weighted by Crippen LogP contribution is 2.21. The number of amides is 1. The molecule has 1 rings (SSSR count). The minimum absolute atomic E-state index is 0.164. The standard InChI is InChI=1S/C14H29N3O/c1-3-5-12-6-9-17(10-7-12)11-8-13(14(15)18)16-4-2/h12-13,16H,3-11H2,1-2H3,(H2,15,18). The Kier molecular flexibility index (Phi) is 7.28. The van der Waals surface area contributed by atoms with Gasteiger partial charge in [0.25, 0.3) is 0 Å². The Balaban J connectivity index is 2.21. The highest BCUT2D eigenvalue weighted by atomic mass is 16.1. The second kappa shape index (κ2) is 8.48. The number of piperidine rings is 1. The monoisotopic (exact) mass is 255 g/mol. The van der Waals surface area contributed by atoms with Gasteiger partial charge in [-0.25, -0.2) is 0 Å². The molecule has 0 spiro atoms. The summed E-state index contributed by atoms with van der Waals surface area (Å²) in [4.78, 5) is 13.7. The van der Waals surface area contributed by atoms with Crippen molar-refractivity contribution in [1.82, 2.24) is 10.2 Å². The van der Waals surface area contributed by atoms with Crippen LogP contribution in [0.4, 0.5) is 0 Å². The number of carbonyl (C=O) groups excluding carboxylic acids is 1. The number of hydrogen-bond donors (Lipinski definition) is 2. The Morgan fingerprint density at radius 1 is 1.39 bits per heavy atom.